The molecule has 0 aliphatic heterocycles. The maximum absolute atomic E-state index is 12.9. The number of aromatic nitrogens is 4. The van der Waals surface area contributed by atoms with Gasteiger partial charge in [0.15, 0.2) is 21.4 Å². The minimum Gasteiger partial charge on any atom is -0.685 e. The minimum absolute atomic E-state index is 0. The van der Waals surface area contributed by atoms with Crippen LogP contribution in [0.3, 0.4) is 0 Å². The molecule has 4 rings (SSSR count). The van der Waals surface area contributed by atoms with E-state index >= 15 is 0 Å². The van der Waals surface area contributed by atoms with Crippen molar-refractivity contribution in [2.45, 2.75) is 33.2 Å². The summed E-state index contributed by atoms with van der Waals surface area (Å²) in [6.07, 6.45) is 0. The summed E-state index contributed by atoms with van der Waals surface area (Å²) in [5.74, 6) is -0.268. The van der Waals surface area contributed by atoms with Crippen molar-refractivity contribution in [3.8, 4) is 12.1 Å². The standard InChI is InChI=1S/C17H16F3N8O2S.C17H19N8.Ni/c1-6-28(7-2)11-8-9-12(13(10-11)26-31(29,30)17(18,19)20)24-25-16-23-14(21-3)15(22-4)27(16)5;1-5-25(6-2)12-7-8-13(14(9-12)20-3)22-23-17-21-15(10-18)16(11-19)24(17)4;/h8-10H,6-7H2,1-2,5H3;7-9H,5-6H2,1-4H3;/q2*-1;+2. The van der Waals surface area contributed by atoms with Crippen LogP contribution in [0.2, 0.25) is 0 Å². The summed E-state index contributed by atoms with van der Waals surface area (Å²) in [5.41, 5.74) is -3.38. The van der Waals surface area contributed by atoms with Crippen LogP contribution < -0.4 is 9.80 Å². The van der Waals surface area contributed by atoms with Crippen molar-refractivity contribution in [1.82, 2.24) is 19.1 Å². The third kappa shape index (κ3) is 10.8. The molecule has 0 amide bonds. The van der Waals surface area contributed by atoms with E-state index in [1.807, 2.05) is 44.2 Å². The molecule has 0 saturated heterocycles. The third-order valence-electron chi connectivity index (χ3n) is 7.94. The number of nitriles is 2. The van der Waals surface area contributed by atoms with Gasteiger partial charge in [-0.1, -0.05) is 41.1 Å². The predicted octanol–water partition coefficient (Wildman–Crippen LogP) is 9.70. The molecule has 2 aromatic carbocycles. The van der Waals surface area contributed by atoms with E-state index in [1.165, 1.54) is 28.3 Å². The normalized spacial score (nSPS) is 11.1. The van der Waals surface area contributed by atoms with E-state index < -0.39 is 21.2 Å². The Bertz CT molecular complexity index is 2390. The number of nitrogens with zero attached hydrogens (tertiary/aromatic N) is 16. The molecule has 18 nitrogen and oxygen atoms in total. The van der Waals surface area contributed by atoms with Crippen molar-refractivity contribution in [3.63, 3.8) is 0 Å². The summed E-state index contributed by atoms with van der Waals surface area (Å²) in [7, 11) is -1.10. The Morgan fingerprint density at radius 2 is 1.30 bits per heavy atom. The maximum Gasteiger partial charge on any atom is 2.00 e. The smallest absolute Gasteiger partial charge is 0.685 e. The number of halogens is 3. The van der Waals surface area contributed by atoms with E-state index in [4.69, 9.17) is 23.7 Å². The molecule has 2 aromatic heterocycles. The van der Waals surface area contributed by atoms with Crippen LogP contribution in [0.25, 0.3) is 19.7 Å². The van der Waals surface area contributed by atoms with Crippen LogP contribution in [-0.4, -0.2) is 66.3 Å². The van der Waals surface area contributed by atoms with Crippen LogP contribution >= 0.6 is 0 Å². The molecule has 2 heterocycles. The summed E-state index contributed by atoms with van der Waals surface area (Å²) in [6, 6.07) is 13.6. The first-order valence-electron chi connectivity index (χ1n) is 16.5. The molecular formula is C34H35F3N16NiO2S. The fourth-order valence-electron chi connectivity index (χ4n) is 4.93. The first-order chi connectivity index (χ1) is 26.6. The number of azo groups is 2. The van der Waals surface area contributed by atoms with E-state index in [1.54, 1.807) is 19.0 Å². The van der Waals surface area contributed by atoms with Gasteiger partial charge in [-0.15, -0.1) is 28.1 Å². The quantitative estimate of drug-likeness (QED) is 0.0716. The van der Waals surface area contributed by atoms with Gasteiger partial charge < -0.3 is 34.1 Å². The van der Waals surface area contributed by atoms with Gasteiger partial charge in [-0.2, -0.15) is 28.7 Å². The number of anilines is 2. The second kappa shape index (κ2) is 20.4. The summed E-state index contributed by atoms with van der Waals surface area (Å²) in [4.78, 5) is 18.1. The molecule has 0 radical (unpaired) electrons. The summed E-state index contributed by atoms with van der Waals surface area (Å²) in [6.45, 7) is 24.8. The van der Waals surface area contributed by atoms with Crippen LogP contribution in [-0.2, 0) is 40.6 Å². The van der Waals surface area contributed by atoms with Crippen molar-refractivity contribution in [2.75, 3.05) is 43.0 Å². The number of alkyl halides is 3. The molecule has 0 aliphatic carbocycles. The van der Waals surface area contributed by atoms with Gasteiger partial charge in [0.05, 0.1) is 18.4 Å². The molecule has 0 unspecified atom stereocenters. The minimum atomic E-state index is -5.83. The van der Waals surface area contributed by atoms with Crippen molar-refractivity contribution in [1.29, 1.82) is 10.5 Å². The Morgan fingerprint density at radius 3 is 1.68 bits per heavy atom. The first-order valence-corrected chi connectivity index (χ1v) is 18.0. The van der Waals surface area contributed by atoms with Crippen LogP contribution in [0.1, 0.15) is 39.1 Å². The summed E-state index contributed by atoms with van der Waals surface area (Å²) >= 11 is 0. The number of benzene rings is 2. The topological polar surface area (TPSA) is 210 Å². The zero-order valence-electron chi connectivity index (χ0n) is 31.6. The molecule has 4 aromatic rings. The number of hydrogen-bond donors (Lipinski definition) is 0. The Hall–Kier alpha value is -6.55. The molecule has 57 heavy (non-hydrogen) atoms. The van der Waals surface area contributed by atoms with Gasteiger partial charge in [0.2, 0.25) is 0 Å². The molecule has 0 fully saturated rings. The van der Waals surface area contributed by atoms with E-state index in [0.717, 1.165) is 24.8 Å². The molecule has 0 bridgehead atoms. The number of rotatable bonds is 13. The van der Waals surface area contributed by atoms with Gasteiger partial charge in [-0.25, -0.2) is 13.0 Å². The zero-order chi connectivity index (χ0) is 41.8. The number of sulfonamides is 1. The molecule has 0 N–H and O–H groups in total. The van der Waals surface area contributed by atoms with Crippen molar-refractivity contribution >= 4 is 67.7 Å². The molecule has 0 aliphatic rings. The Labute approximate surface area is 338 Å². The van der Waals surface area contributed by atoms with Gasteiger partial charge in [0, 0.05) is 44.6 Å². The van der Waals surface area contributed by atoms with Gasteiger partial charge in [-0.05, 0) is 52.0 Å². The van der Waals surface area contributed by atoms with E-state index in [0.29, 0.717) is 30.2 Å². The van der Waals surface area contributed by atoms with Crippen LogP contribution in [0, 0.1) is 35.8 Å². The van der Waals surface area contributed by atoms with Gasteiger partial charge in [0.25, 0.3) is 17.6 Å². The van der Waals surface area contributed by atoms with Crippen molar-refractivity contribution in [2.24, 2.45) is 34.6 Å². The third-order valence-corrected chi connectivity index (χ3v) is 8.96. The number of hydrogen-bond acceptors (Lipinski definition) is 12. The second-order valence-corrected chi connectivity index (χ2v) is 12.7. The van der Waals surface area contributed by atoms with E-state index in [9.17, 15) is 21.6 Å². The van der Waals surface area contributed by atoms with Gasteiger partial charge >= 0.3 is 27.9 Å². The molecule has 0 spiro atoms. The number of imidazole rings is 2. The van der Waals surface area contributed by atoms with Crippen molar-refractivity contribution in [3.05, 3.63) is 80.7 Å². The van der Waals surface area contributed by atoms with Crippen LogP contribution in [0.5, 0.6) is 0 Å². The van der Waals surface area contributed by atoms with E-state index in [-0.39, 0.29) is 57.1 Å². The Morgan fingerprint density at radius 1 is 0.807 bits per heavy atom. The molecule has 300 valence electrons. The average Bonchev–Trinajstić information content (AvgIpc) is 3.67. The monoisotopic (exact) mass is 846 g/mol. The average molecular weight is 848 g/mol. The van der Waals surface area contributed by atoms with Crippen LogP contribution in [0.4, 0.5) is 70.8 Å². The molecule has 23 heteroatoms. The van der Waals surface area contributed by atoms with Gasteiger partial charge in [0.1, 0.15) is 12.1 Å². The van der Waals surface area contributed by atoms with Gasteiger partial charge in [-0.3, -0.25) is 0 Å². The zero-order valence-corrected chi connectivity index (χ0v) is 33.4. The second-order valence-electron chi connectivity index (χ2n) is 11.1. The summed E-state index contributed by atoms with van der Waals surface area (Å²) < 4.78 is 67.3. The molecular weight excluding hydrogens is 812 g/mol. The fraction of sp³-hybridized carbons (Fsp3) is 0.353. The molecule has 0 atom stereocenters. The predicted molar refractivity (Wildman–Crippen MR) is 204 cm³/mol. The largest absolute Gasteiger partial charge is 2.00 e. The summed E-state index contributed by atoms with van der Waals surface area (Å²) in [5, 5.41) is 38.2. The van der Waals surface area contributed by atoms with Crippen molar-refractivity contribution < 1.29 is 38.1 Å². The fourth-order valence-corrected chi connectivity index (χ4v) is 5.44. The SMILES string of the molecule is CCN(CC)c1ccc(N=Nc2nc(C#N)c(C#N)n2C)c([N-]C)c1.[C-]#[N+]c1nc(N=Nc2ccc(N(CC)CC)cc2[N-]S(=O)(=O)C(F)(F)F)n(C)c1[N+]#[C-].[Ni+2]. The maximum atomic E-state index is 12.9. The molecule has 0 saturated carbocycles. The first kappa shape index (κ1) is 46.6. The van der Waals surface area contributed by atoms with E-state index in [2.05, 4.69) is 68.9 Å². The Balaban J connectivity index is 0.000000395. The van der Waals surface area contributed by atoms with Crippen LogP contribution in [0.15, 0.2) is 56.9 Å². The Kier molecular flexibility index (Phi) is 16.7.